The Kier molecular flexibility index (Phi) is 4.04. The Bertz CT molecular complexity index is 551. The molecule has 94 valence electrons. The fraction of sp³-hybridized carbons (Fsp3) is 0.231. The van der Waals surface area contributed by atoms with Crippen molar-refractivity contribution in [2.24, 2.45) is 7.05 Å². The number of carbonyl (C=O) groups excluding carboxylic acids is 1. The van der Waals surface area contributed by atoms with E-state index in [-0.39, 0.29) is 5.91 Å². The van der Waals surface area contributed by atoms with Crippen molar-refractivity contribution in [3.8, 4) is 11.1 Å². The zero-order valence-corrected chi connectivity index (χ0v) is 11.2. The monoisotopic (exact) mass is 261 g/mol. The van der Waals surface area contributed by atoms with E-state index in [1.165, 1.54) is 0 Å². The lowest BCUT2D eigenvalue weighted by Gasteiger charge is -2.04. The van der Waals surface area contributed by atoms with E-state index < -0.39 is 0 Å². The van der Waals surface area contributed by atoms with Crippen LogP contribution in [-0.2, 0) is 7.05 Å². The van der Waals surface area contributed by atoms with E-state index in [1.54, 1.807) is 22.6 Å². The van der Waals surface area contributed by atoms with Crippen molar-refractivity contribution in [1.82, 2.24) is 15.1 Å². The first kappa shape index (κ1) is 12.7. The molecule has 0 bridgehead atoms. The first-order valence-corrected chi connectivity index (χ1v) is 6.96. The molecule has 1 amide bonds. The van der Waals surface area contributed by atoms with Crippen LogP contribution in [0.25, 0.3) is 11.1 Å². The van der Waals surface area contributed by atoms with Crippen LogP contribution in [0.15, 0.2) is 36.7 Å². The summed E-state index contributed by atoms with van der Waals surface area (Å²) in [6.45, 7) is 0. The molecular weight excluding hydrogens is 246 g/mol. The van der Waals surface area contributed by atoms with Crippen LogP contribution in [0.5, 0.6) is 0 Å². The van der Waals surface area contributed by atoms with Crippen LogP contribution in [0, 0.1) is 0 Å². The number of rotatable bonds is 4. The van der Waals surface area contributed by atoms with Crippen LogP contribution in [0.4, 0.5) is 0 Å². The SMILES string of the molecule is CSCNC(=O)c1cccc(-c2cnn(C)c2)c1. The van der Waals surface area contributed by atoms with Crippen LogP contribution in [0.1, 0.15) is 10.4 Å². The molecule has 0 spiro atoms. The first-order valence-electron chi connectivity index (χ1n) is 5.57. The summed E-state index contributed by atoms with van der Waals surface area (Å²) in [6, 6.07) is 7.56. The third-order valence-corrected chi connectivity index (χ3v) is 2.97. The molecular formula is C13H15N3OS. The van der Waals surface area contributed by atoms with Gasteiger partial charge in [-0.25, -0.2) is 0 Å². The molecule has 0 aliphatic rings. The highest BCUT2D eigenvalue weighted by molar-refractivity contribution is 7.98. The molecule has 0 saturated carbocycles. The van der Waals surface area contributed by atoms with Gasteiger partial charge in [-0.05, 0) is 24.0 Å². The molecule has 0 unspecified atom stereocenters. The third-order valence-electron chi connectivity index (χ3n) is 2.54. The van der Waals surface area contributed by atoms with Gasteiger partial charge >= 0.3 is 0 Å². The zero-order chi connectivity index (χ0) is 13.0. The summed E-state index contributed by atoms with van der Waals surface area (Å²) in [7, 11) is 1.87. The number of aromatic nitrogens is 2. The Morgan fingerprint density at radius 1 is 1.44 bits per heavy atom. The molecule has 18 heavy (non-hydrogen) atoms. The molecule has 0 aliphatic heterocycles. The van der Waals surface area contributed by atoms with Gasteiger partial charge in [0.15, 0.2) is 0 Å². The molecule has 0 saturated heterocycles. The van der Waals surface area contributed by atoms with Gasteiger partial charge in [-0.1, -0.05) is 12.1 Å². The van der Waals surface area contributed by atoms with Gasteiger partial charge in [-0.15, -0.1) is 11.8 Å². The molecule has 0 aliphatic carbocycles. The van der Waals surface area contributed by atoms with Gasteiger partial charge in [0.1, 0.15) is 0 Å². The lowest BCUT2D eigenvalue weighted by molar-refractivity contribution is 0.0961. The predicted molar refractivity (Wildman–Crippen MR) is 74.5 cm³/mol. The molecule has 2 rings (SSSR count). The van der Waals surface area contributed by atoms with E-state index in [9.17, 15) is 4.79 Å². The number of amides is 1. The van der Waals surface area contributed by atoms with Crippen LogP contribution >= 0.6 is 11.8 Å². The number of nitrogens with one attached hydrogen (secondary N) is 1. The Hall–Kier alpha value is -1.75. The molecule has 0 fully saturated rings. The van der Waals surface area contributed by atoms with Gasteiger partial charge in [0.25, 0.3) is 5.91 Å². The lowest BCUT2D eigenvalue weighted by Crippen LogP contribution is -2.22. The second kappa shape index (κ2) is 5.73. The minimum absolute atomic E-state index is 0.0462. The van der Waals surface area contributed by atoms with E-state index >= 15 is 0 Å². The smallest absolute Gasteiger partial charge is 0.251 e. The number of nitrogens with zero attached hydrogens (tertiary/aromatic N) is 2. The van der Waals surface area contributed by atoms with E-state index in [0.29, 0.717) is 11.4 Å². The van der Waals surface area contributed by atoms with E-state index in [1.807, 2.05) is 43.8 Å². The van der Waals surface area contributed by atoms with Crippen LogP contribution in [0.2, 0.25) is 0 Å². The van der Waals surface area contributed by atoms with Crippen molar-refractivity contribution in [2.75, 3.05) is 12.1 Å². The van der Waals surface area contributed by atoms with Crippen molar-refractivity contribution < 1.29 is 4.79 Å². The highest BCUT2D eigenvalue weighted by Crippen LogP contribution is 2.19. The molecule has 5 heteroatoms. The average molecular weight is 261 g/mol. The minimum Gasteiger partial charge on any atom is -0.343 e. The lowest BCUT2D eigenvalue weighted by atomic mass is 10.1. The molecule has 1 heterocycles. The number of aryl methyl sites for hydroxylation is 1. The Morgan fingerprint density at radius 3 is 2.94 bits per heavy atom. The van der Waals surface area contributed by atoms with Gasteiger partial charge in [0, 0.05) is 24.4 Å². The van der Waals surface area contributed by atoms with Gasteiger partial charge in [-0.3, -0.25) is 9.48 Å². The van der Waals surface area contributed by atoms with Crippen molar-refractivity contribution in [1.29, 1.82) is 0 Å². The second-order valence-electron chi connectivity index (χ2n) is 3.92. The maximum Gasteiger partial charge on any atom is 0.251 e. The van der Waals surface area contributed by atoms with Crippen LogP contribution in [-0.4, -0.2) is 27.8 Å². The summed E-state index contributed by atoms with van der Waals surface area (Å²) in [5.74, 6) is 0.575. The van der Waals surface area contributed by atoms with Gasteiger partial charge < -0.3 is 5.32 Å². The largest absolute Gasteiger partial charge is 0.343 e. The van der Waals surface area contributed by atoms with E-state index in [0.717, 1.165) is 11.1 Å². The maximum absolute atomic E-state index is 11.8. The van der Waals surface area contributed by atoms with Crippen molar-refractivity contribution >= 4 is 17.7 Å². The summed E-state index contributed by atoms with van der Waals surface area (Å²) in [4.78, 5) is 11.8. The van der Waals surface area contributed by atoms with Gasteiger partial charge in [0.2, 0.25) is 0 Å². The fourth-order valence-electron chi connectivity index (χ4n) is 1.65. The average Bonchev–Trinajstić information content (AvgIpc) is 2.83. The fourth-order valence-corrected chi connectivity index (χ4v) is 1.93. The van der Waals surface area contributed by atoms with Gasteiger partial charge in [-0.2, -0.15) is 5.10 Å². The summed E-state index contributed by atoms with van der Waals surface area (Å²) in [5, 5.41) is 6.97. The standard InChI is InChI=1S/C13H15N3OS/c1-16-8-12(7-15-16)10-4-3-5-11(6-10)13(17)14-9-18-2/h3-8H,9H2,1-2H3,(H,14,17). The normalized spacial score (nSPS) is 10.3. The first-order chi connectivity index (χ1) is 8.70. The molecule has 1 aromatic heterocycles. The second-order valence-corrected chi connectivity index (χ2v) is 4.79. The number of thioether (sulfide) groups is 1. The van der Waals surface area contributed by atoms with Crippen LogP contribution in [0.3, 0.4) is 0 Å². The summed E-state index contributed by atoms with van der Waals surface area (Å²) in [5.41, 5.74) is 2.68. The predicted octanol–water partition coefficient (Wildman–Crippen LogP) is 2.14. The summed E-state index contributed by atoms with van der Waals surface area (Å²) >= 11 is 1.58. The van der Waals surface area contributed by atoms with Crippen molar-refractivity contribution in [2.45, 2.75) is 0 Å². The quantitative estimate of drug-likeness (QED) is 0.858. The molecule has 0 atom stereocenters. The summed E-state index contributed by atoms with van der Waals surface area (Å²) < 4.78 is 1.75. The maximum atomic E-state index is 11.8. The van der Waals surface area contributed by atoms with E-state index in [4.69, 9.17) is 0 Å². The molecule has 1 N–H and O–H groups in total. The number of benzene rings is 1. The molecule has 4 nitrogen and oxygen atoms in total. The Morgan fingerprint density at radius 2 is 2.28 bits per heavy atom. The number of hydrogen-bond acceptors (Lipinski definition) is 3. The Balaban J connectivity index is 2.22. The van der Waals surface area contributed by atoms with Crippen molar-refractivity contribution in [3.05, 3.63) is 42.2 Å². The summed E-state index contributed by atoms with van der Waals surface area (Å²) in [6.07, 6.45) is 5.67. The third kappa shape index (κ3) is 2.92. The molecule has 1 aromatic carbocycles. The topological polar surface area (TPSA) is 46.9 Å². The minimum atomic E-state index is -0.0462. The van der Waals surface area contributed by atoms with Crippen LogP contribution < -0.4 is 5.32 Å². The zero-order valence-electron chi connectivity index (χ0n) is 10.4. The number of carbonyl (C=O) groups is 1. The highest BCUT2D eigenvalue weighted by Gasteiger charge is 2.07. The van der Waals surface area contributed by atoms with Crippen molar-refractivity contribution in [3.63, 3.8) is 0 Å². The van der Waals surface area contributed by atoms with Gasteiger partial charge in [0.05, 0.1) is 12.1 Å². The van der Waals surface area contributed by atoms with E-state index in [2.05, 4.69) is 10.4 Å². The molecule has 2 aromatic rings. The Labute approximate surface area is 110 Å². The number of hydrogen-bond donors (Lipinski definition) is 1. The molecule has 0 radical (unpaired) electrons. The highest BCUT2D eigenvalue weighted by atomic mass is 32.2.